The van der Waals surface area contributed by atoms with Gasteiger partial charge in [0.15, 0.2) is 21.3 Å². The van der Waals surface area contributed by atoms with Gasteiger partial charge in [0.2, 0.25) is 5.91 Å². The summed E-state index contributed by atoms with van der Waals surface area (Å²) in [5.41, 5.74) is 0.944. The molecule has 31 heavy (non-hydrogen) atoms. The number of nitriles is 1. The molecule has 1 aliphatic carbocycles. The molecule has 0 heterocycles. The van der Waals surface area contributed by atoms with E-state index in [9.17, 15) is 13.2 Å². The molecule has 1 fully saturated rings. The van der Waals surface area contributed by atoms with Crippen LogP contribution in [0.15, 0.2) is 47.4 Å². The Hall–Kier alpha value is -3.05. The summed E-state index contributed by atoms with van der Waals surface area (Å²) in [4.78, 5) is 12.5. The van der Waals surface area contributed by atoms with E-state index in [-0.39, 0.29) is 22.5 Å². The monoisotopic (exact) mass is 442 g/mol. The lowest BCUT2D eigenvalue weighted by Crippen LogP contribution is -2.18. The minimum absolute atomic E-state index is 0.217. The molecule has 0 atom stereocenters. The zero-order valence-electron chi connectivity index (χ0n) is 17.5. The van der Waals surface area contributed by atoms with Gasteiger partial charge in [0, 0.05) is 18.2 Å². The molecule has 8 heteroatoms. The van der Waals surface area contributed by atoms with Crippen molar-refractivity contribution in [2.24, 2.45) is 0 Å². The predicted molar refractivity (Wildman–Crippen MR) is 117 cm³/mol. The first kappa shape index (κ1) is 22.6. The number of amides is 1. The molecule has 0 unspecified atom stereocenters. The molecule has 164 valence electrons. The fourth-order valence-corrected chi connectivity index (χ4v) is 5.53. The van der Waals surface area contributed by atoms with E-state index in [2.05, 4.69) is 5.32 Å². The van der Waals surface area contributed by atoms with Crippen molar-refractivity contribution >= 4 is 21.4 Å². The van der Waals surface area contributed by atoms with E-state index in [0.717, 1.165) is 12.8 Å². The highest BCUT2D eigenvalue weighted by atomic mass is 32.2. The standard InChI is InChI=1S/C23H26N2O5S/c1-29-22-14-17(16-24)11-12-21(22)30-13-5-10-23(26)25-18-6-4-9-20(15-18)31(27,28)19-7-2-3-8-19/h4,6,9,11-12,14-15,19H,2-3,5,7-8,10,13H2,1H3,(H,25,26). The molecule has 2 aromatic rings. The Kier molecular flexibility index (Phi) is 7.53. The number of benzene rings is 2. The van der Waals surface area contributed by atoms with Gasteiger partial charge >= 0.3 is 0 Å². The van der Waals surface area contributed by atoms with Crippen LogP contribution in [-0.2, 0) is 14.6 Å². The third-order valence-corrected chi connectivity index (χ3v) is 7.55. The number of carbonyl (C=O) groups excluding carboxylic acids is 1. The van der Waals surface area contributed by atoms with Crippen molar-refractivity contribution in [3.63, 3.8) is 0 Å². The molecule has 2 aromatic carbocycles. The molecular weight excluding hydrogens is 416 g/mol. The molecule has 1 saturated carbocycles. The molecule has 1 N–H and O–H groups in total. The van der Waals surface area contributed by atoms with E-state index < -0.39 is 9.84 Å². The first-order chi connectivity index (χ1) is 14.9. The third kappa shape index (κ3) is 5.76. The van der Waals surface area contributed by atoms with Gasteiger partial charge in [-0.25, -0.2) is 8.42 Å². The van der Waals surface area contributed by atoms with Crippen LogP contribution >= 0.6 is 0 Å². The molecule has 0 aliphatic heterocycles. The Morgan fingerprint density at radius 1 is 1.16 bits per heavy atom. The van der Waals surface area contributed by atoms with Gasteiger partial charge in [-0.3, -0.25) is 4.79 Å². The SMILES string of the molecule is COc1cc(C#N)ccc1OCCCC(=O)Nc1cccc(S(=O)(=O)C2CCCC2)c1. The van der Waals surface area contributed by atoms with Crippen LogP contribution in [0.3, 0.4) is 0 Å². The van der Waals surface area contributed by atoms with Crippen molar-refractivity contribution in [3.05, 3.63) is 48.0 Å². The Morgan fingerprint density at radius 3 is 2.65 bits per heavy atom. The average molecular weight is 443 g/mol. The highest BCUT2D eigenvalue weighted by Crippen LogP contribution is 2.31. The molecule has 7 nitrogen and oxygen atoms in total. The minimum Gasteiger partial charge on any atom is -0.493 e. The van der Waals surface area contributed by atoms with Crippen molar-refractivity contribution in [2.45, 2.75) is 48.7 Å². The normalized spacial score (nSPS) is 14.1. The number of ether oxygens (including phenoxy) is 2. The molecule has 0 saturated heterocycles. The topological polar surface area (TPSA) is 105 Å². The van der Waals surface area contributed by atoms with E-state index in [4.69, 9.17) is 14.7 Å². The highest BCUT2D eigenvalue weighted by molar-refractivity contribution is 7.92. The van der Waals surface area contributed by atoms with E-state index >= 15 is 0 Å². The first-order valence-electron chi connectivity index (χ1n) is 10.3. The number of rotatable bonds is 9. The second kappa shape index (κ2) is 10.3. The van der Waals surface area contributed by atoms with E-state index in [1.54, 1.807) is 36.4 Å². The second-order valence-electron chi connectivity index (χ2n) is 7.46. The average Bonchev–Trinajstić information content (AvgIpc) is 3.33. The third-order valence-electron chi connectivity index (χ3n) is 5.29. The summed E-state index contributed by atoms with van der Waals surface area (Å²) in [6.07, 6.45) is 3.96. The van der Waals surface area contributed by atoms with E-state index in [0.29, 0.717) is 48.6 Å². The van der Waals surface area contributed by atoms with Crippen molar-refractivity contribution in [3.8, 4) is 17.6 Å². The zero-order chi connectivity index (χ0) is 22.3. The van der Waals surface area contributed by atoms with Crippen molar-refractivity contribution in [1.29, 1.82) is 5.26 Å². The van der Waals surface area contributed by atoms with Crippen LogP contribution in [0.4, 0.5) is 5.69 Å². The Balaban J connectivity index is 1.51. The number of nitrogens with zero attached hydrogens (tertiary/aromatic N) is 1. The summed E-state index contributed by atoms with van der Waals surface area (Å²) in [6, 6.07) is 13.4. The number of sulfone groups is 1. The van der Waals surface area contributed by atoms with E-state index in [1.807, 2.05) is 6.07 Å². The summed E-state index contributed by atoms with van der Waals surface area (Å²) in [5, 5.41) is 11.4. The van der Waals surface area contributed by atoms with Gasteiger partial charge in [0.05, 0.1) is 35.5 Å². The fraction of sp³-hybridized carbons (Fsp3) is 0.391. The zero-order valence-corrected chi connectivity index (χ0v) is 18.3. The molecule has 3 rings (SSSR count). The van der Waals surface area contributed by atoms with Crippen LogP contribution in [0, 0.1) is 11.3 Å². The van der Waals surface area contributed by atoms with Crippen molar-refractivity contribution in [1.82, 2.24) is 0 Å². The lowest BCUT2D eigenvalue weighted by atomic mass is 10.2. The van der Waals surface area contributed by atoms with Crippen LogP contribution in [0.1, 0.15) is 44.1 Å². The fourth-order valence-electron chi connectivity index (χ4n) is 3.64. The van der Waals surface area contributed by atoms with Crippen LogP contribution < -0.4 is 14.8 Å². The van der Waals surface area contributed by atoms with Crippen LogP contribution in [0.5, 0.6) is 11.5 Å². The molecule has 1 amide bonds. The number of hydrogen-bond acceptors (Lipinski definition) is 6. The van der Waals surface area contributed by atoms with Crippen molar-refractivity contribution in [2.75, 3.05) is 19.0 Å². The maximum Gasteiger partial charge on any atom is 0.224 e. The van der Waals surface area contributed by atoms with Gasteiger partial charge in [0.25, 0.3) is 0 Å². The number of hydrogen-bond donors (Lipinski definition) is 1. The minimum atomic E-state index is -3.36. The number of anilines is 1. The highest BCUT2D eigenvalue weighted by Gasteiger charge is 2.30. The number of carbonyl (C=O) groups is 1. The predicted octanol–water partition coefficient (Wildman–Crippen LogP) is 4.08. The molecule has 0 aromatic heterocycles. The molecule has 0 radical (unpaired) electrons. The summed E-state index contributed by atoms with van der Waals surface area (Å²) < 4.78 is 36.4. The van der Waals surface area contributed by atoms with E-state index in [1.165, 1.54) is 13.2 Å². The lowest BCUT2D eigenvalue weighted by molar-refractivity contribution is -0.116. The molecule has 0 bridgehead atoms. The van der Waals surface area contributed by atoms with Crippen LogP contribution in [-0.4, -0.2) is 33.3 Å². The van der Waals surface area contributed by atoms with Gasteiger partial charge in [0.1, 0.15) is 0 Å². The Labute approximate surface area is 182 Å². The largest absolute Gasteiger partial charge is 0.493 e. The molecule has 1 aliphatic rings. The van der Waals surface area contributed by atoms with Gasteiger partial charge < -0.3 is 14.8 Å². The van der Waals surface area contributed by atoms with Gasteiger partial charge in [-0.2, -0.15) is 5.26 Å². The smallest absolute Gasteiger partial charge is 0.224 e. The van der Waals surface area contributed by atoms with Gasteiger partial charge in [-0.1, -0.05) is 18.9 Å². The van der Waals surface area contributed by atoms with Crippen LogP contribution in [0.25, 0.3) is 0 Å². The number of methoxy groups -OCH3 is 1. The maximum atomic E-state index is 12.8. The van der Waals surface area contributed by atoms with Crippen LogP contribution in [0.2, 0.25) is 0 Å². The number of nitrogens with one attached hydrogen (secondary N) is 1. The maximum absolute atomic E-state index is 12.8. The first-order valence-corrected chi connectivity index (χ1v) is 11.8. The van der Waals surface area contributed by atoms with Crippen molar-refractivity contribution < 1.29 is 22.7 Å². The molecular formula is C23H26N2O5S. The summed E-state index contributed by atoms with van der Waals surface area (Å²) in [5.74, 6) is 0.751. The Morgan fingerprint density at radius 2 is 1.94 bits per heavy atom. The summed E-state index contributed by atoms with van der Waals surface area (Å²) >= 11 is 0. The summed E-state index contributed by atoms with van der Waals surface area (Å²) in [7, 11) is -1.87. The molecule has 0 spiro atoms. The lowest BCUT2D eigenvalue weighted by Gasteiger charge is -2.13. The van der Waals surface area contributed by atoms with Gasteiger partial charge in [-0.05, 0) is 49.6 Å². The quantitative estimate of drug-likeness (QED) is 0.587. The second-order valence-corrected chi connectivity index (χ2v) is 9.69. The Bertz CT molecular complexity index is 1070. The van der Waals surface area contributed by atoms with Gasteiger partial charge in [-0.15, -0.1) is 0 Å². The summed E-state index contributed by atoms with van der Waals surface area (Å²) in [6.45, 7) is 0.297.